The molecular weight excluding hydrogens is 432 g/mol. The van der Waals surface area contributed by atoms with Gasteiger partial charge in [-0.1, -0.05) is 46.2 Å². The molecule has 0 saturated heterocycles. The second kappa shape index (κ2) is 10.4. The van der Waals surface area contributed by atoms with E-state index in [1.165, 1.54) is 5.56 Å². The zero-order valence-electron chi connectivity index (χ0n) is 17.5. The fourth-order valence-electron chi connectivity index (χ4n) is 2.64. The molecule has 6 heteroatoms. The van der Waals surface area contributed by atoms with Crippen molar-refractivity contribution in [2.75, 3.05) is 18.5 Å². The van der Waals surface area contributed by atoms with Crippen LogP contribution in [-0.2, 0) is 10.2 Å². The van der Waals surface area contributed by atoms with E-state index in [9.17, 15) is 9.59 Å². The fraction of sp³-hybridized carbons (Fsp3) is 0.391. The third-order valence-corrected chi connectivity index (χ3v) is 5.00. The van der Waals surface area contributed by atoms with Gasteiger partial charge in [0.05, 0.1) is 4.47 Å². The topological polar surface area (TPSA) is 67.4 Å². The van der Waals surface area contributed by atoms with Crippen LogP contribution in [0.15, 0.2) is 46.9 Å². The molecule has 2 aromatic rings. The van der Waals surface area contributed by atoms with E-state index < -0.39 is 0 Å². The summed E-state index contributed by atoms with van der Waals surface area (Å²) in [6.45, 7) is 9.01. The number of ether oxygens (including phenoxy) is 1. The Morgan fingerprint density at radius 3 is 2.52 bits per heavy atom. The Bertz CT molecular complexity index is 859. The van der Waals surface area contributed by atoms with Gasteiger partial charge in [0.15, 0.2) is 6.61 Å². The number of nitrogens with one attached hydrogen (secondary N) is 2. The quantitative estimate of drug-likeness (QED) is 0.525. The van der Waals surface area contributed by atoms with Crippen molar-refractivity contribution in [3.8, 4) is 5.75 Å². The first-order valence-electron chi connectivity index (χ1n) is 9.81. The molecule has 2 N–H and O–H groups in total. The molecule has 0 saturated carbocycles. The molecule has 0 radical (unpaired) electrons. The van der Waals surface area contributed by atoms with Gasteiger partial charge in [0.2, 0.25) is 0 Å². The van der Waals surface area contributed by atoms with Gasteiger partial charge in [-0.15, -0.1) is 0 Å². The second-order valence-electron chi connectivity index (χ2n) is 7.92. The lowest BCUT2D eigenvalue weighted by Crippen LogP contribution is -2.25. The number of carbonyl (C=O) groups excluding carboxylic acids is 2. The molecule has 0 heterocycles. The van der Waals surface area contributed by atoms with Crippen LogP contribution in [0.5, 0.6) is 5.75 Å². The van der Waals surface area contributed by atoms with E-state index in [1.807, 2.05) is 18.2 Å². The van der Waals surface area contributed by atoms with E-state index in [4.69, 9.17) is 4.74 Å². The van der Waals surface area contributed by atoms with Gasteiger partial charge in [-0.2, -0.15) is 0 Å². The van der Waals surface area contributed by atoms with Crippen LogP contribution < -0.4 is 15.4 Å². The first-order chi connectivity index (χ1) is 13.7. The molecule has 156 valence electrons. The van der Waals surface area contributed by atoms with Gasteiger partial charge < -0.3 is 15.4 Å². The van der Waals surface area contributed by atoms with E-state index in [0.29, 0.717) is 23.5 Å². The highest BCUT2D eigenvalue weighted by molar-refractivity contribution is 9.10. The Balaban J connectivity index is 1.93. The zero-order valence-corrected chi connectivity index (χ0v) is 19.1. The zero-order chi connectivity index (χ0) is 21.4. The highest BCUT2D eigenvalue weighted by Crippen LogP contribution is 2.31. The average molecular weight is 461 g/mol. The summed E-state index contributed by atoms with van der Waals surface area (Å²) in [6.07, 6.45) is 1.96. The first-order valence-corrected chi connectivity index (χ1v) is 10.6. The number of benzene rings is 2. The van der Waals surface area contributed by atoms with Crippen molar-refractivity contribution < 1.29 is 14.3 Å². The van der Waals surface area contributed by atoms with Crippen LogP contribution in [0.4, 0.5) is 5.69 Å². The fourth-order valence-corrected chi connectivity index (χ4v) is 3.14. The van der Waals surface area contributed by atoms with E-state index >= 15 is 0 Å². The Kier molecular flexibility index (Phi) is 8.26. The first kappa shape index (κ1) is 22.9. The lowest BCUT2D eigenvalue weighted by atomic mass is 9.87. The Morgan fingerprint density at radius 1 is 1.10 bits per heavy atom. The number of hydrogen-bond acceptors (Lipinski definition) is 3. The average Bonchev–Trinajstić information content (AvgIpc) is 2.66. The van der Waals surface area contributed by atoms with Crippen molar-refractivity contribution in [2.24, 2.45) is 0 Å². The number of rotatable bonds is 8. The van der Waals surface area contributed by atoms with Crippen LogP contribution >= 0.6 is 15.9 Å². The molecule has 0 atom stereocenters. The van der Waals surface area contributed by atoms with Crippen molar-refractivity contribution in [1.29, 1.82) is 0 Å². The van der Waals surface area contributed by atoms with Crippen molar-refractivity contribution >= 4 is 33.4 Å². The Hall–Kier alpha value is -2.34. The maximum absolute atomic E-state index is 12.3. The van der Waals surface area contributed by atoms with E-state index in [2.05, 4.69) is 54.3 Å². The monoisotopic (exact) mass is 460 g/mol. The second-order valence-corrected chi connectivity index (χ2v) is 8.78. The van der Waals surface area contributed by atoms with E-state index in [-0.39, 0.29) is 23.8 Å². The van der Waals surface area contributed by atoms with E-state index in [0.717, 1.165) is 17.3 Å². The number of carbonyl (C=O) groups is 2. The lowest BCUT2D eigenvalue weighted by molar-refractivity contribution is -0.118. The number of amides is 2. The molecule has 0 aromatic heterocycles. The molecular formula is C23H29BrN2O3. The lowest BCUT2D eigenvalue weighted by Gasteiger charge is -2.20. The van der Waals surface area contributed by atoms with Crippen LogP contribution in [0.2, 0.25) is 0 Å². The van der Waals surface area contributed by atoms with Crippen LogP contribution in [0.25, 0.3) is 0 Å². The third kappa shape index (κ3) is 7.20. The summed E-state index contributed by atoms with van der Waals surface area (Å²) in [5.41, 5.74) is 2.28. The van der Waals surface area contributed by atoms with Gasteiger partial charge in [0, 0.05) is 17.8 Å². The predicted molar refractivity (Wildman–Crippen MR) is 121 cm³/mol. The summed E-state index contributed by atoms with van der Waals surface area (Å²) in [6, 6.07) is 12.7. The van der Waals surface area contributed by atoms with Crippen LogP contribution in [0, 0.1) is 0 Å². The van der Waals surface area contributed by atoms with Gasteiger partial charge in [-0.05, 0) is 63.7 Å². The summed E-state index contributed by atoms with van der Waals surface area (Å²) in [5.74, 6) is 0.172. The van der Waals surface area contributed by atoms with Crippen LogP contribution in [0.1, 0.15) is 56.5 Å². The Labute approximate surface area is 181 Å². The van der Waals surface area contributed by atoms with Gasteiger partial charge in [-0.3, -0.25) is 9.59 Å². The summed E-state index contributed by atoms with van der Waals surface area (Å²) in [4.78, 5) is 24.4. The minimum atomic E-state index is -0.291. The Morgan fingerprint density at radius 2 is 1.86 bits per heavy atom. The predicted octanol–water partition coefficient (Wildman–Crippen LogP) is 5.29. The maximum Gasteiger partial charge on any atom is 0.262 e. The molecule has 2 rings (SSSR count). The van der Waals surface area contributed by atoms with Crippen LogP contribution in [0.3, 0.4) is 0 Å². The molecule has 0 bridgehead atoms. The molecule has 0 aliphatic rings. The largest absolute Gasteiger partial charge is 0.483 e. The number of halogens is 1. The summed E-state index contributed by atoms with van der Waals surface area (Å²) in [7, 11) is 0. The van der Waals surface area contributed by atoms with Crippen molar-refractivity contribution in [3.63, 3.8) is 0 Å². The molecule has 2 aromatic carbocycles. The van der Waals surface area contributed by atoms with Crippen molar-refractivity contribution in [2.45, 2.75) is 46.0 Å². The highest BCUT2D eigenvalue weighted by atomic mass is 79.9. The third-order valence-electron chi connectivity index (χ3n) is 4.38. The molecule has 2 amide bonds. The number of anilines is 1. The molecule has 29 heavy (non-hydrogen) atoms. The number of hydrogen-bond donors (Lipinski definition) is 2. The molecule has 0 unspecified atom stereocenters. The summed E-state index contributed by atoms with van der Waals surface area (Å²) < 4.78 is 6.45. The summed E-state index contributed by atoms with van der Waals surface area (Å²) in [5, 5.41) is 5.64. The van der Waals surface area contributed by atoms with Crippen LogP contribution in [-0.4, -0.2) is 25.0 Å². The van der Waals surface area contributed by atoms with E-state index in [1.54, 1.807) is 24.3 Å². The minimum absolute atomic E-state index is 0.0340. The molecule has 0 spiro atoms. The molecule has 0 fully saturated rings. The van der Waals surface area contributed by atoms with Gasteiger partial charge in [-0.25, -0.2) is 0 Å². The van der Waals surface area contributed by atoms with Crippen molar-refractivity contribution in [1.82, 2.24) is 5.32 Å². The normalized spacial score (nSPS) is 11.1. The van der Waals surface area contributed by atoms with Gasteiger partial charge in [0.25, 0.3) is 11.8 Å². The standard InChI is InChI=1S/C23H29BrN2O3/c1-5-6-12-25-22(28)16-8-7-9-18(13-16)26-21(27)15-29-20-11-10-17(14-19(20)24)23(2,3)4/h7-11,13-14H,5-6,12,15H2,1-4H3,(H,25,28)(H,26,27). The maximum atomic E-state index is 12.3. The van der Waals surface area contributed by atoms with Gasteiger partial charge in [0.1, 0.15) is 5.75 Å². The molecule has 5 nitrogen and oxygen atoms in total. The summed E-state index contributed by atoms with van der Waals surface area (Å²) >= 11 is 3.51. The molecule has 0 aliphatic heterocycles. The highest BCUT2D eigenvalue weighted by Gasteiger charge is 2.16. The molecule has 0 aliphatic carbocycles. The SMILES string of the molecule is CCCCNC(=O)c1cccc(NC(=O)COc2ccc(C(C)(C)C)cc2Br)c1. The van der Waals surface area contributed by atoms with Crippen molar-refractivity contribution in [3.05, 3.63) is 58.1 Å². The number of unbranched alkanes of at least 4 members (excludes halogenated alkanes) is 1. The minimum Gasteiger partial charge on any atom is -0.483 e. The smallest absolute Gasteiger partial charge is 0.262 e. The van der Waals surface area contributed by atoms with Gasteiger partial charge >= 0.3 is 0 Å².